The van der Waals surface area contributed by atoms with Gasteiger partial charge in [0.15, 0.2) is 5.78 Å². The van der Waals surface area contributed by atoms with E-state index in [0.29, 0.717) is 25.8 Å². The van der Waals surface area contributed by atoms with Gasteiger partial charge in [0.05, 0.1) is 12.0 Å². The number of alkyl halides is 6. The van der Waals surface area contributed by atoms with E-state index in [1.165, 1.54) is 0 Å². The molecule has 0 aromatic carbocycles. The van der Waals surface area contributed by atoms with E-state index in [4.69, 9.17) is 0 Å². The summed E-state index contributed by atoms with van der Waals surface area (Å²) in [6.45, 7) is -0.992. The molecule has 3 atom stereocenters. The Labute approximate surface area is 220 Å². The summed E-state index contributed by atoms with van der Waals surface area (Å²) >= 11 is 0. The quantitative estimate of drug-likeness (QED) is 0.383. The smallest absolute Gasteiger partial charge is 0.380 e. The molecule has 4 aliphatic rings. The van der Waals surface area contributed by atoms with Gasteiger partial charge in [-0.15, -0.1) is 13.2 Å². The summed E-state index contributed by atoms with van der Waals surface area (Å²) < 4.78 is 80.5. The van der Waals surface area contributed by atoms with Gasteiger partial charge in [-0.2, -0.15) is 13.2 Å². The van der Waals surface area contributed by atoms with Crippen LogP contribution in [-0.2, 0) is 23.9 Å². The van der Waals surface area contributed by atoms with E-state index in [0.717, 1.165) is 4.90 Å². The second kappa shape index (κ2) is 10.5. The second-order valence-corrected chi connectivity index (χ2v) is 11.3. The van der Waals surface area contributed by atoms with Crippen molar-refractivity contribution in [3.63, 3.8) is 0 Å². The number of hydrogen-bond acceptors (Lipinski definition) is 6. The maximum atomic E-state index is 13.4. The third kappa shape index (κ3) is 6.84. The normalized spacial score (nSPS) is 31.2. The summed E-state index contributed by atoms with van der Waals surface area (Å²) in [6, 6.07) is -2.69. The first-order valence-electron chi connectivity index (χ1n) is 12.9. The van der Waals surface area contributed by atoms with Crippen molar-refractivity contribution in [2.24, 2.45) is 17.3 Å². The minimum atomic E-state index is -5.09. The van der Waals surface area contributed by atoms with Gasteiger partial charge in [-0.3, -0.25) is 23.9 Å². The molecule has 0 aromatic heterocycles. The maximum Gasteiger partial charge on any atom is 0.522 e. The summed E-state index contributed by atoms with van der Waals surface area (Å²) in [5, 5.41) is 15.9. The number of aliphatic hydroxyl groups is 1. The lowest BCUT2D eigenvalue weighted by Crippen LogP contribution is -2.57. The van der Waals surface area contributed by atoms with Gasteiger partial charge < -0.3 is 20.6 Å². The van der Waals surface area contributed by atoms with Gasteiger partial charge in [0.2, 0.25) is 11.8 Å². The van der Waals surface area contributed by atoms with Crippen molar-refractivity contribution in [2.45, 2.75) is 88.0 Å². The van der Waals surface area contributed by atoms with Gasteiger partial charge in [0.25, 0.3) is 5.91 Å². The van der Waals surface area contributed by atoms with Crippen LogP contribution in [0, 0.1) is 17.3 Å². The maximum absolute atomic E-state index is 13.4. The van der Waals surface area contributed by atoms with Crippen LogP contribution in [0.25, 0.3) is 0 Å². The van der Waals surface area contributed by atoms with Crippen molar-refractivity contribution in [3.05, 3.63) is 0 Å². The van der Waals surface area contributed by atoms with Crippen molar-refractivity contribution >= 4 is 23.5 Å². The molecule has 2 aliphatic carbocycles. The summed E-state index contributed by atoms with van der Waals surface area (Å²) in [6.07, 6.45) is -9.72. The predicted molar refractivity (Wildman–Crippen MR) is 119 cm³/mol. The number of hydrogen-bond donors (Lipinski definition) is 3. The molecule has 0 unspecified atom stereocenters. The van der Waals surface area contributed by atoms with Gasteiger partial charge in [0.1, 0.15) is 18.2 Å². The van der Waals surface area contributed by atoms with Crippen molar-refractivity contribution in [1.82, 2.24) is 15.5 Å². The fraction of sp³-hybridized carbons (Fsp3) is 0.833. The number of halogens is 6. The van der Waals surface area contributed by atoms with Crippen molar-refractivity contribution < 1.29 is 55.4 Å². The third-order valence-corrected chi connectivity index (χ3v) is 8.47. The molecule has 15 heteroatoms. The van der Waals surface area contributed by atoms with E-state index in [2.05, 4.69) is 15.4 Å². The van der Waals surface area contributed by atoms with E-state index in [1.54, 1.807) is 0 Å². The second-order valence-electron chi connectivity index (χ2n) is 11.3. The van der Waals surface area contributed by atoms with E-state index >= 15 is 0 Å². The molecular formula is C24H31F6N3O6. The Morgan fingerprint density at radius 3 is 2.23 bits per heavy atom. The molecule has 9 nitrogen and oxygen atoms in total. The van der Waals surface area contributed by atoms with Gasteiger partial charge in [-0.05, 0) is 63.2 Å². The fourth-order valence-electron chi connectivity index (χ4n) is 5.89. The number of ether oxygens (including phenoxy) is 1. The lowest BCUT2D eigenvalue weighted by molar-refractivity contribution is -0.321. The minimum absolute atomic E-state index is 0.0930. The Bertz CT molecular complexity index is 990. The number of amides is 3. The van der Waals surface area contributed by atoms with E-state index in [9.17, 15) is 50.6 Å². The zero-order valence-corrected chi connectivity index (χ0v) is 21.0. The largest absolute Gasteiger partial charge is 0.522 e. The number of carbonyl (C=O) groups is 4. The molecule has 0 radical (unpaired) electrons. The average molecular weight is 572 g/mol. The van der Waals surface area contributed by atoms with Crippen molar-refractivity contribution in [3.8, 4) is 0 Å². The Morgan fingerprint density at radius 2 is 1.72 bits per heavy atom. The van der Waals surface area contributed by atoms with Crippen LogP contribution in [0.3, 0.4) is 0 Å². The van der Waals surface area contributed by atoms with E-state index in [-0.39, 0.29) is 19.4 Å². The molecule has 0 bridgehead atoms. The average Bonchev–Trinajstić information content (AvgIpc) is 3.30. The lowest BCUT2D eigenvalue weighted by Gasteiger charge is -2.39. The molecular weight excluding hydrogens is 540 g/mol. The van der Waals surface area contributed by atoms with Crippen molar-refractivity contribution in [2.75, 3.05) is 19.7 Å². The number of nitrogens with one attached hydrogen (secondary N) is 2. The number of rotatable bonds is 8. The van der Waals surface area contributed by atoms with Crippen LogP contribution >= 0.6 is 0 Å². The molecule has 2 heterocycles. The third-order valence-electron chi connectivity index (χ3n) is 8.47. The van der Waals surface area contributed by atoms with Crippen LogP contribution in [-0.4, -0.2) is 83.4 Å². The lowest BCUT2D eigenvalue weighted by atomic mass is 9.77. The van der Waals surface area contributed by atoms with Gasteiger partial charge in [0, 0.05) is 19.0 Å². The number of ketones is 1. The first-order chi connectivity index (χ1) is 18.0. The summed E-state index contributed by atoms with van der Waals surface area (Å²) in [7, 11) is 0. The highest BCUT2D eigenvalue weighted by molar-refractivity contribution is 5.95. The monoisotopic (exact) mass is 571 g/mol. The highest BCUT2D eigenvalue weighted by Gasteiger charge is 2.58. The standard InChI is InChI=1S/C24H31F6N3O6/c25-23(26,27)14-1-4-22(38,5-2-14)20(37)33-12-21(6-7-21)10-16(33)19(36)32-15(9-13-3-8-31-18(13)35)17(34)11-39-24(28,29)30/h13-16,38H,1-12H2,(H,31,35)(H,32,36)/t13-,14?,15-,16-,22?/m0/s1. The number of nitrogens with zero attached hydrogens (tertiary/aromatic N) is 1. The van der Waals surface area contributed by atoms with Gasteiger partial charge in [-0.25, -0.2) is 0 Å². The first-order valence-corrected chi connectivity index (χ1v) is 12.9. The molecule has 1 spiro atoms. The molecule has 0 aromatic rings. The molecule has 3 amide bonds. The molecule has 2 aliphatic heterocycles. The molecule has 4 rings (SSSR count). The van der Waals surface area contributed by atoms with E-state index in [1.807, 2.05) is 0 Å². The predicted octanol–water partition coefficient (Wildman–Crippen LogP) is 1.97. The molecule has 2 saturated carbocycles. The molecule has 2 saturated heterocycles. The van der Waals surface area contributed by atoms with Crippen LogP contribution in [0.4, 0.5) is 26.3 Å². The molecule has 39 heavy (non-hydrogen) atoms. The Kier molecular flexibility index (Phi) is 7.98. The zero-order chi connectivity index (χ0) is 28.8. The molecule has 220 valence electrons. The van der Waals surface area contributed by atoms with Crippen LogP contribution in [0.5, 0.6) is 0 Å². The highest BCUT2D eigenvalue weighted by Crippen LogP contribution is 2.55. The highest BCUT2D eigenvalue weighted by atomic mass is 19.4. The van der Waals surface area contributed by atoms with Gasteiger partial charge >= 0.3 is 12.5 Å². The SMILES string of the molecule is O=C1NCC[C@H]1C[C@H](NC(=O)[C@@H]1CC2(CC2)CN1C(=O)C1(O)CCC(C(F)(F)F)CC1)C(=O)COC(F)(F)F. The molecule has 3 N–H and O–H groups in total. The Hall–Kier alpha value is -2.42. The van der Waals surface area contributed by atoms with Crippen LogP contribution in [0.2, 0.25) is 0 Å². The zero-order valence-electron chi connectivity index (χ0n) is 21.0. The Balaban J connectivity index is 1.47. The number of likely N-dealkylation sites (tertiary alicyclic amines) is 1. The molecule has 4 fully saturated rings. The van der Waals surface area contributed by atoms with Crippen LogP contribution in [0.1, 0.15) is 57.8 Å². The summed E-state index contributed by atoms with van der Waals surface area (Å²) in [4.78, 5) is 52.6. The fourth-order valence-corrected chi connectivity index (χ4v) is 5.89. The topological polar surface area (TPSA) is 125 Å². The van der Waals surface area contributed by atoms with Gasteiger partial charge in [-0.1, -0.05) is 0 Å². The Morgan fingerprint density at radius 1 is 1.08 bits per heavy atom. The number of carbonyl (C=O) groups excluding carboxylic acids is 4. The van der Waals surface area contributed by atoms with Crippen molar-refractivity contribution in [1.29, 1.82) is 0 Å². The summed E-state index contributed by atoms with van der Waals surface area (Å²) in [5.41, 5.74) is -2.49. The van der Waals surface area contributed by atoms with E-state index < -0.39 is 103 Å². The summed E-state index contributed by atoms with van der Waals surface area (Å²) in [5.74, 6) is -5.61. The number of Topliss-reactive ketones (excluding diaryl/α,β-unsaturated/α-hetero) is 1. The van der Waals surface area contributed by atoms with Crippen LogP contribution < -0.4 is 10.6 Å². The first kappa shape index (κ1) is 29.6. The minimum Gasteiger partial charge on any atom is -0.380 e. The van der Waals surface area contributed by atoms with Crippen LogP contribution in [0.15, 0.2) is 0 Å².